The zero-order chi connectivity index (χ0) is 18.1. The Bertz CT molecular complexity index is 1120. The van der Waals surface area contributed by atoms with Gasteiger partial charge in [0, 0.05) is 22.1 Å². The Kier molecular flexibility index (Phi) is 4.27. The molecule has 0 N–H and O–H groups in total. The highest BCUT2D eigenvalue weighted by Crippen LogP contribution is 2.34. The molecular formula is C21H16ClN3O. The van der Waals surface area contributed by atoms with Crippen LogP contribution in [0.3, 0.4) is 0 Å². The van der Waals surface area contributed by atoms with Crippen molar-refractivity contribution in [3.05, 3.63) is 71.2 Å². The standard InChI is InChI=1S/C21H16ClN3O/c1-3-8-16-13(2)18-15(11-7-12-17(18)26-16)20-23-19(24-21(22)25-20)14-9-5-4-6-10-14/h3-12H,1-2H3/b8-3-. The Morgan fingerprint density at radius 1 is 0.923 bits per heavy atom. The fourth-order valence-corrected chi connectivity index (χ4v) is 3.16. The van der Waals surface area contributed by atoms with Crippen LogP contribution in [0.25, 0.3) is 39.8 Å². The molecule has 0 spiro atoms. The average Bonchev–Trinajstić information content (AvgIpc) is 2.98. The van der Waals surface area contributed by atoms with Gasteiger partial charge in [-0.3, -0.25) is 0 Å². The molecule has 2 aromatic heterocycles. The van der Waals surface area contributed by atoms with Gasteiger partial charge in [-0.1, -0.05) is 48.5 Å². The highest BCUT2D eigenvalue weighted by molar-refractivity contribution is 6.28. The summed E-state index contributed by atoms with van der Waals surface area (Å²) in [5, 5.41) is 1.16. The number of aromatic nitrogens is 3. The molecule has 128 valence electrons. The predicted molar refractivity (Wildman–Crippen MR) is 105 cm³/mol. The number of hydrogen-bond acceptors (Lipinski definition) is 4. The van der Waals surface area contributed by atoms with Crippen LogP contribution in [0.4, 0.5) is 0 Å². The molecule has 26 heavy (non-hydrogen) atoms. The van der Waals surface area contributed by atoms with E-state index in [1.807, 2.05) is 74.5 Å². The Morgan fingerprint density at radius 2 is 1.69 bits per heavy atom. The van der Waals surface area contributed by atoms with Crippen molar-refractivity contribution in [2.24, 2.45) is 0 Å². The summed E-state index contributed by atoms with van der Waals surface area (Å²) in [6.07, 6.45) is 3.91. The molecule has 0 unspecified atom stereocenters. The van der Waals surface area contributed by atoms with Gasteiger partial charge >= 0.3 is 0 Å². The minimum Gasteiger partial charge on any atom is -0.456 e. The molecule has 0 saturated carbocycles. The molecule has 0 aliphatic carbocycles. The van der Waals surface area contributed by atoms with Gasteiger partial charge in [0.25, 0.3) is 0 Å². The van der Waals surface area contributed by atoms with Crippen molar-refractivity contribution in [2.75, 3.05) is 0 Å². The normalized spacial score (nSPS) is 11.5. The molecule has 0 fully saturated rings. The Morgan fingerprint density at radius 3 is 2.46 bits per heavy atom. The van der Waals surface area contributed by atoms with Gasteiger partial charge in [-0.15, -0.1) is 0 Å². The number of benzene rings is 2. The van der Waals surface area contributed by atoms with Crippen LogP contribution in [-0.2, 0) is 0 Å². The molecule has 0 aliphatic rings. The number of hydrogen-bond donors (Lipinski definition) is 0. The third kappa shape index (κ3) is 2.89. The molecule has 0 radical (unpaired) electrons. The molecule has 5 heteroatoms. The molecule has 2 heterocycles. The second-order valence-electron chi connectivity index (χ2n) is 5.89. The van der Waals surface area contributed by atoms with Gasteiger partial charge in [-0.25, -0.2) is 4.98 Å². The maximum Gasteiger partial charge on any atom is 0.226 e. The zero-order valence-corrected chi connectivity index (χ0v) is 15.2. The fraction of sp³-hybridized carbons (Fsp3) is 0.0952. The lowest BCUT2D eigenvalue weighted by molar-refractivity contribution is 0.601. The Labute approximate surface area is 156 Å². The molecule has 4 aromatic rings. The lowest BCUT2D eigenvalue weighted by Gasteiger charge is -2.06. The summed E-state index contributed by atoms with van der Waals surface area (Å²) in [5.74, 6) is 1.91. The van der Waals surface area contributed by atoms with Crippen LogP contribution >= 0.6 is 11.6 Å². The summed E-state index contributed by atoms with van der Waals surface area (Å²) >= 11 is 6.20. The number of rotatable bonds is 3. The maximum atomic E-state index is 6.20. The van der Waals surface area contributed by atoms with E-state index in [1.165, 1.54) is 0 Å². The van der Waals surface area contributed by atoms with E-state index in [0.717, 1.165) is 33.4 Å². The fourth-order valence-electron chi connectivity index (χ4n) is 3.00. The van der Waals surface area contributed by atoms with Gasteiger partial charge in [0.2, 0.25) is 5.28 Å². The Hall–Kier alpha value is -2.98. The van der Waals surface area contributed by atoms with Gasteiger partial charge in [0.05, 0.1) is 0 Å². The lowest BCUT2D eigenvalue weighted by Crippen LogP contribution is -1.97. The van der Waals surface area contributed by atoms with Crippen molar-refractivity contribution in [3.63, 3.8) is 0 Å². The van der Waals surface area contributed by atoms with Gasteiger partial charge in [0.1, 0.15) is 11.3 Å². The van der Waals surface area contributed by atoms with Crippen LogP contribution in [0.2, 0.25) is 5.28 Å². The first-order chi connectivity index (χ1) is 12.7. The first kappa shape index (κ1) is 16.5. The SMILES string of the molecule is C/C=C\c1oc2cccc(-c3nc(Cl)nc(-c4ccccc4)n3)c2c1C. The molecule has 2 aromatic carbocycles. The molecule has 4 nitrogen and oxygen atoms in total. The number of halogens is 1. The van der Waals surface area contributed by atoms with Crippen LogP contribution < -0.4 is 0 Å². The molecule has 0 aliphatic heterocycles. The van der Waals surface area contributed by atoms with Crippen molar-refractivity contribution < 1.29 is 4.42 Å². The van der Waals surface area contributed by atoms with Crippen molar-refractivity contribution in [1.29, 1.82) is 0 Å². The molecule has 4 rings (SSSR count). The van der Waals surface area contributed by atoms with Gasteiger partial charge in [-0.05, 0) is 37.6 Å². The summed E-state index contributed by atoms with van der Waals surface area (Å²) in [6.45, 7) is 4.00. The molecule has 0 bridgehead atoms. The smallest absolute Gasteiger partial charge is 0.226 e. The summed E-state index contributed by atoms with van der Waals surface area (Å²) < 4.78 is 5.96. The lowest BCUT2D eigenvalue weighted by atomic mass is 10.0. The van der Waals surface area contributed by atoms with Gasteiger partial charge in [-0.2, -0.15) is 9.97 Å². The molecule has 0 amide bonds. The van der Waals surface area contributed by atoms with E-state index in [4.69, 9.17) is 16.0 Å². The second-order valence-corrected chi connectivity index (χ2v) is 6.23. The van der Waals surface area contributed by atoms with E-state index in [9.17, 15) is 0 Å². The summed E-state index contributed by atoms with van der Waals surface area (Å²) in [5.41, 5.74) is 3.61. The minimum atomic E-state index is 0.167. The Balaban J connectivity index is 1.95. The van der Waals surface area contributed by atoms with Crippen molar-refractivity contribution in [2.45, 2.75) is 13.8 Å². The van der Waals surface area contributed by atoms with E-state index >= 15 is 0 Å². The van der Waals surface area contributed by atoms with Crippen molar-refractivity contribution in [1.82, 2.24) is 15.0 Å². The summed E-state index contributed by atoms with van der Waals surface area (Å²) in [4.78, 5) is 13.3. The van der Waals surface area contributed by atoms with E-state index in [0.29, 0.717) is 11.6 Å². The quantitative estimate of drug-likeness (QED) is 0.452. The third-order valence-corrected chi connectivity index (χ3v) is 4.36. The highest BCUT2D eigenvalue weighted by atomic mass is 35.5. The summed E-state index contributed by atoms with van der Waals surface area (Å²) in [7, 11) is 0. The van der Waals surface area contributed by atoms with E-state index in [-0.39, 0.29) is 5.28 Å². The monoisotopic (exact) mass is 361 g/mol. The van der Waals surface area contributed by atoms with Gasteiger partial charge in [0.15, 0.2) is 11.6 Å². The summed E-state index contributed by atoms with van der Waals surface area (Å²) in [6, 6.07) is 15.6. The number of nitrogens with zero attached hydrogens (tertiary/aromatic N) is 3. The molecule has 0 atom stereocenters. The third-order valence-electron chi connectivity index (χ3n) is 4.19. The van der Waals surface area contributed by atoms with E-state index < -0.39 is 0 Å². The van der Waals surface area contributed by atoms with Crippen LogP contribution in [0.15, 0.2) is 59.0 Å². The van der Waals surface area contributed by atoms with Crippen LogP contribution in [0, 0.1) is 6.92 Å². The minimum absolute atomic E-state index is 0.167. The predicted octanol–water partition coefficient (Wildman–Crippen LogP) is 5.95. The van der Waals surface area contributed by atoms with Crippen LogP contribution in [0.5, 0.6) is 0 Å². The molecular weight excluding hydrogens is 346 g/mol. The van der Waals surface area contributed by atoms with Crippen molar-refractivity contribution >= 4 is 28.6 Å². The number of aryl methyl sites for hydroxylation is 1. The molecule has 0 saturated heterocycles. The largest absolute Gasteiger partial charge is 0.456 e. The number of fused-ring (bicyclic) bond motifs is 1. The second kappa shape index (κ2) is 6.73. The zero-order valence-electron chi connectivity index (χ0n) is 14.4. The highest BCUT2D eigenvalue weighted by Gasteiger charge is 2.17. The number of allylic oxidation sites excluding steroid dienone is 1. The maximum absolute atomic E-state index is 6.20. The first-order valence-electron chi connectivity index (χ1n) is 8.29. The van der Waals surface area contributed by atoms with Gasteiger partial charge < -0.3 is 4.42 Å². The van der Waals surface area contributed by atoms with E-state index in [1.54, 1.807) is 0 Å². The topological polar surface area (TPSA) is 51.8 Å². The average molecular weight is 362 g/mol. The number of furan rings is 1. The first-order valence-corrected chi connectivity index (χ1v) is 8.67. The van der Waals surface area contributed by atoms with Crippen LogP contribution in [0.1, 0.15) is 18.2 Å². The van der Waals surface area contributed by atoms with E-state index in [2.05, 4.69) is 15.0 Å². The van der Waals surface area contributed by atoms with Crippen LogP contribution in [-0.4, -0.2) is 15.0 Å². The van der Waals surface area contributed by atoms with Crippen molar-refractivity contribution in [3.8, 4) is 22.8 Å².